The standard InChI is InChI=1S/C16H27N3S/c1-11(2)17-10-14-15(13-4-5-13)18-16(20-14)19-8-6-12(3)7-9-19/h11-13,17H,4-10H2,1-3H3. The summed E-state index contributed by atoms with van der Waals surface area (Å²) in [6, 6.07) is 0.545. The quantitative estimate of drug-likeness (QED) is 0.896. The second kappa shape index (κ2) is 6.02. The van der Waals surface area contributed by atoms with Crippen molar-refractivity contribution >= 4 is 16.5 Å². The number of hydrogen-bond acceptors (Lipinski definition) is 4. The van der Waals surface area contributed by atoms with Crippen LogP contribution in [0.15, 0.2) is 0 Å². The summed E-state index contributed by atoms with van der Waals surface area (Å²) in [5.74, 6) is 1.64. The van der Waals surface area contributed by atoms with E-state index in [0.717, 1.165) is 18.4 Å². The molecule has 4 heteroatoms. The second-order valence-corrected chi connectivity index (χ2v) is 7.85. The summed E-state index contributed by atoms with van der Waals surface area (Å²) in [4.78, 5) is 8.99. The van der Waals surface area contributed by atoms with Crippen molar-refractivity contribution in [1.29, 1.82) is 0 Å². The van der Waals surface area contributed by atoms with Crippen LogP contribution < -0.4 is 10.2 Å². The van der Waals surface area contributed by atoms with Gasteiger partial charge in [-0.25, -0.2) is 4.98 Å². The maximum absolute atomic E-state index is 5.00. The molecule has 1 N–H and O–H groups in total. The molecule has 1 aliphatic carbocycles. The normalized spacial score (nSPS) is 20.9. The lowest BCUT2D eigenvalue weighted by atomic mass is 10.00. The Kier molecular flexibility index (Phi) is 4.32. The Balaban J connectivity index is 1.73. The van der Waals surface area contributed by atoms with E-state index in [-0.39, 0.29) is 0 Å². The number of piperidine rings is 1. The van der Waals surface area contributed by atoms with Crippen LogP contribution >= 0.6 is 11.3 Å². The van der Waals surface area contributed by atoms with Gasteiger partial charge in [-0.15, -0.1) is 11.3 Å². The smallest absolute Gasteiger partial charge is 0.185 e. The van der Waals surface area contributed by atoms with E-state index in [2.05, 4.69) is 31.0 Å². The Labute approximate surface area is 126 Å². The zero-order valence-corrected chi connectivity index (χ0v) is 13.8. The van der Waals surface area contributed by atoms with Gasteiger partial charge in [0.15, 0.2) is 5.13 Å². The minimum absolute atomic E-state index is 0.545. The average molecular weight is 293 g/mol. The molecule has 0 radical (unpaired) electrons. The minimum atomic E-state index is 0.545. The monoisotopic (exact) mass is 293 g/mol. The molecule has 2 heterocycles. The number of aromatic nitrogens is 1. The number of rotatable bonds is 5. The van der Waals surface area contributed by atoms with Crippen molar-refractivity contribution in [2.24, 2.45) is 5.92 Å². The Morgan fingerprint density at radius 1 is 1.25 bits per heavy atom. The van der Waals surface area contributed by atoms with Gasteiger partial charge in [-0.2, -0.15) is 0 Å². The van der Waals surface area contributed by atoms with Crippen LogP contribution in [0.2, 0.25) is 0 Å². The third-order valence-electron chi connectivity index (χ3n) is 4.41. The summed E-state index contributed by atoms with van der Waals surface area (Å²) in [5.41, 5.74) is 1.40. The summed E-state index contributed by atoms with van der Waals surface area (Å²) in [6.45, 7) is 10.2. The molecule has 1 saturated heterocycles. The molecule has 1 aromatic heterocycles. The Hall–Kier alpha value is -0.610. The molecule has 0 atom stereocenters. The maximum Gasteiger partial charge on any atom is 0.185 e. The molecule has 112 valence electrons. The van der Waals surface area contributed by atoms with Crippen molar-refractivity contribution < 1.29 is 0 Å². The first kappa shape index (κ1) is 14.3. The lowest BCUT2D eigenvalue weighted by Gasteiger charge is -2.29. The van der Waals surface area contributed by atoms with Gasteiger partial charge in [-0.3, -0.25) is 0 Å². The largest absolute Gasteiger partial charge is 0.348 e. The number of hydrogen-bond donors (Lipinski definition) is 1. The molecule has 0 bridgehead atoms. The molecular weight excluding hydrogens is 266 g/mol. The average Bonchev–Trinajstić information content (AvgIpc) is 3.18. The van der Waals surface area contributed by atoms with Gasteiger partial charge in [0.25, 0.3) is 0 Å². The van der Waals surface area contributed by atoms with Crippen molar-refractivity contribution in [2.75, 3.05) is 18.0 Å². The lowest BCUT2D eigenvalue weighted by Crippen LogP contribution is -2.32. The van der Waals surface area contributed by atoms with Gasteiger partial charge in [-0.1, -0.05) is 20.8 Å². The van der Waals surface area contributed by atoms with Crippen LogP contribution in [0.3, 0.4) is 0 Å². The fourth-order valence-electron chi connectivity index (χ4n) is 2.79. The third-order valence-corrected chi connectivity index (χ3v) is 5.54. The molecular formula is C16H27N3S. The molecule has 0 amide bonds. The second-order valence-electron chi connectivity index (χ2n) is 6.78. The molecule has 2 aliphatic rings. The zero-order chi connectivity index (χ0) is 14.1. The third kappa shape index (κ3) is 3.34. The van der Waals surface area contributed by atoms with E-state index in [0.29, 0.717) is 6.04 Å². The van der Waals surface area contributed by atoms with Crippen molar-refractivity contribution in [1.82, 2.24) is 10.3 Å². The summed E-state index contributed by atoms with van der Waals surface area (Å²) >= 11 is 1.93. The van der Waals surface area contributed by atoms with E-state index in [9.17, 15) is 0 Å². The Morgan fingerprint density at radius 2 is 1.95 bits per heavy atom. The summed E-state index contributed by atoms with van der Waals surface area (Å²) < 4.78 is 0. The molecule has 2 fully saturated rings. The number of nitrogens with one attached hydrogen (secondary N) is 1. The van der Waals surface area contributed by atoms with E-state index >= 15 is 0 Å². The fraction of sp³-hybridized carbons (Fsp3) is 0.812. The summed E-state index contributed by atoms with van der Waals surface area (Å²) in [7, 11) is 0. The molecule has 0 spiro atoms. The van der Waals surface area contributed by atoms with Gasteiger partial charge in [0, 0.05) is 36.5 Å². The van der Waals surface area contributed by atoms with Crippen LogP contribution in [0.1, 0.15) is 62.9 Å². The van der Waals surface area contributed by atoms with Crippen LogP contribution in [0.25, 0.3) is 0 Å². The molecule has 0 unspecified atom stereocenters. The van der Waals surface area contributed by atoms with Gasteiger partial charge < -0.3 is 10.2 Å². The first-order valence-electron chi connectivity index (χ1n) is 8.11. The lowest BCUT2D eigenvalue weighted by molar-refractivity contribution is 0.438. The van der Waals surface area contributed by atoms with Crippen LogP contribution in [0.5, 0.6) is 0 Å². The Bertz CT molecular complexity index is 443. The van der Waals surface area contributed by atoms with Gasteiger partial charge in [0.1, 0.15) is 0 Å². The van der Waals surface area contributed by atoms with Gasteiger partial charge >= 0.3 is 0 Å². The fourth-order valence-corrected chi connectivity index (χ4v) is 3.93. The zero-order valence-electron chi connectivity index (χ0n) is 13.0. The van der Waals surface area contributed by atoms with Crippen molar-refractivity contribution in [3.05, 3.63) is 10.6 Å². The molecule has 1 saturated carbocycles. The summed E-state index contributed by atoms with van der Waals surface area (Å²) in [6.07, 6.45) is 5.32. The molecule has 20 heavy (non-hydrogen) atoms. The highest BCUT2D eigenvalue weighted by molar-refractivity contribution is 7.15. The van der Waals surface area contributed by atoms with Gasteiger partial charge in [0.05, 0.1) is 5.69 Å². The van der Waals surface area contributed by atoms with Gasteiger partial charge in [-0.05, 0) is 31.6 Å². The van der Waals surface area contributed by atoms with Crippen LogP contribution in [0.4, 0.5) is 5.13 Å². The number of anilines is 1. The SMILES string of the molecule is CC1CCN(c2nc(C3CC3)c(CNC(C)C)s2)CC1. The minimum Gasteiger partial charge on any atom is -0.348 e. The molecule has 1 aliphatic heterocycles. The molecule has 3 nitrogen and oxygen atoms in total. The topological polar surface area (TPSA) is 28.2 Å². The van der Waals surface area contributed by atoms with E-state index < -0.39 is 0 Å². The van der Waals surface area contributed by atoms with Crippen molar-refractivity contribution in [3.63, 3.8) is 0 Å². The van der Waals surface area contributed by atoms with E-state index in [1.807, 2.05) is 11.3 Å². The molecule has 0 aromatic carbocycles. The molecule has 1 aromatic rings. The van der Waals surface area contributed by atoms with Crippen LogP contribution in [0, 0.1) is 5.92 Å². The van der Waals surface area contributed by atoms with Crippen molar-refractivity contribution in [2.45, 2.75) is 65.0 Å². The van der Waals surface area contributed by atoms with E-state index in [1.165, 1.54) is 54.5 Å². The summed E-state index contributed by atoms with van der Waals surface area (Å²) in [5, 5.41) is 4.84. The van der Waals surface area contributed by atoms with E-state index in [1.54, 1.807) is 0 Å². The first-order chi connectivity index (χ1) is 9.63. The van der Waals surface area contributed by atoms with Crippen LogP contribution in [-0.2, 0) is 6.54 Å². The Morgan fingerprint density at radius 3 is 2.55 bits per heavy atom. The maximum atomic E-state index is 5.00. The number of thiazole rings is 1. The van der Waals surface area contributed by atoms with Crippen LogP contribution in [-0.4, -0.2) is 24.1 Å². The predicted molar refractivity (Wildman–Crippen MR) is 86.7 cm³/mol. The highest BCUT2D eigenvalue weighted by Crippen LogP contribution is 2.44. The van der Waals surface area contributed by atoms with E-state index in [4.69, 9.17) is 4.98 Å². The first-order valence-corrected chi connectivity index (χ1v) is 8.93. The molecule has 3 rings (SSSR count). The van der Waals surface area contributed by atoms with Crippen molar-refractivity contribution in [3.8, 4) is 0 Å². The number of nitrogens with zero attached hydrogens (tertiary/aromatic N) is 2. The highest BCUT2D eigenvalue weighted by Gasteiger charge is 2.31. The predicted octanol–water partition coefficient (Wildman–Crippen LogP) is 3.75. The highest BCUT2D eigenvalue weighted by atomic mass is 32.1. The van der Waals surface area contributed by atoms with Gasteiger partial charge in [0.2, 0.25) is 0 Å².